The largest absolute Gasteiger partial charge is 0.306 e. The number of nitro benzene ring substituents is 1. The molecule has 1 aromatic carbocycles. The maximum absolute atomic E-state index is 13.0. The number of terminal acetylenes is 1. The molecular formula is C10H6FN3O2. The van der Waals surface area contributed by atoms with Crippen LogP contribution in [0.1, 0.15) is 0 Å². The summed E-state index contributed by atoms with van der Waals surface area (Å²) in [6.07, 6.45) is 6.77. The Morgan fingerprint density at radius 3 is 2.81 bits per heavy atom. The lowest BCUT2D eigenvalue weighted by Gasteiger charge is -2.11. The first-order valence-corrected chi connectivity index (χ1v) is 4.15. The highest BCUT2D eigenvalue weighted by molar-refractivity contribution is 5.57. The second kappa shape index (κ2) is 4.76. The number of benzene rings is 1. The Hall–Kier alpha value is -2.60. The lowest BCUT2D eigenvalue weighted by Crippen LogP contribution is -2.16. The molecule has 16 heavy (non-hydrogen) atoms. The Bertz CT molecular complexity index is 502. The van der Waals surface area contributed by atoms with Crippen molar-refractivity contribution in [3.63, 3.8) is 0 Å². The highest BCUT2D eigenvalue weighted by Gasteiger charge is 2.16. The van der Waals surface area contributed by atoms with E-state index in [9.17, 15) is 14.5 Å². The zero-order valence-electron chi connectivity index (χ0n) is 8.05. The third-order valence-electron chi connectivity index (χ3n) is 1.81. The predicted molar refractivity (Wildman–Crippen MR) is 54.8 cm³/mol. The third kappa shape index (κ3) is 2.25. The quantitative estimate of drug-likeness (QED) is 0.255. The van der Waals surface area contributed by atoms with E-state index in [0.717, 1.165) is 17.0 Å². The van der Waals surface area contributed by atoms with Gasteiger partial charge in [-0.3, -0.25) is 15.0 Å². The van der Waals surface area contributed by atoms with Crippen molar-refractivity contribution in [3.05, 3.63) is 34.1 Å². The summed E-state index contributed by atoms with van der Waals surface area (Å²) in [7, 11) is 0. The molecule has 0 aliphatic heterocycles. The maximum Gasteiger partial charge on any atom is 0.306 e. The minimum atomic E-state index is -0.952. The summed E-state index contributed by atoms with van der Waals surface area (Å²) in [6.45, 7) is -0.0285. The van der Waals surface area contributed by atoms with E-state index in [0.29, 0.717) is 0 Å². The molecule has 80 valence electrons. The van der Waals surface area contributed by atoms with Gasteiger partial charge in [0.1, 0.15) is 0 Å². The van der Waals surface area contributed by atoms with Crippen LogP contribution in [-0.2, 0) is 0 Å². The van der Waals surface area contributed by atoms with Gasteiger partial charge in [0.2, 0.25) is 5.82 Å². The first-order chi connectivity index (χ1) is 7.60. The van der Waals surface area contributed by atoms with E-state index in [4.69, 9.17) is 11.7 Å². The van der Waals surface area contributed by atoms with E-state index in [2.05, 4.69) is 5.92 Å². The fourth-order valence-corrected chi connectivity index (χ4v) is 1.08. The summed E-state index contributed by atoms with van der Waals surface area (Å²) in [5, 5.41) is 19.2. The molecule has 0 heterocycles. The summed E-state index contributed by atoms with van der Waals surface area (Å²) in [6, 6.07) is 3.15. The van der Waals surface area contributed by atoms with Gasteiger partial charge in [0.25, 0.3) is 0 Å². The zero-order valence-corrected chi connectivity index (χ0v) is 8.05. The van der Waals surface area contributed by atoms with Crippen LogP contribution >= 0.6 is 0 Å². The molecule has 0 N–H and O–H groups in total. The van der Waals surface area contributed by atoms with E-state index in [1.807, 2.05) is 0 Å². The van der Waals surface area contributed by atoms with E-state index < -0.39 is 16.4 Å². The average molecular weight is 219 g/mol. The third-order valence-corrected chi connectivity index (χ3v) is 1.81. The van der Waals surface area contributed by atoms with Gasteiger partial charge in [-0.15, -0.1) is 6.42 Å². The van der Waals surface area contributed by atoms with Crippen molar-refractivity contribution in [2.45, 2.75) is 0 Å². The Morgan fingerprint density at radius 1 is 1.62 bits per heavy atom. The first-order valence-electron chi connectivity index (χ1n) is 4.15. The van der Waals surface area contributed by atoms with Crippen LogP contribution in [0.4, 0.5) is 15.8 Å². The van der Waals surface area contributed by atoms with Gasteiger partial charge in [-0.2, -0.15) is 9.65 Å². The number of nitrogens with zero attached hydrogens (tertiary/aromatic N) is 3. The van der Waals surface area contributed by atoms with Crippen molar-refractivity contribution < 1.29 is 9.31 Å². The van der Waals surface area contributed by atoms with Gasteiger partial charge in [0.05, 0.1) is 17.2 Å². The highest BCUT2D eigenvalue weighted by atomic mass is 19.1. The number of rotatable bonds is 3. The number of nitro groups is 1. The number of anilines is 1. The molecule has 1 rings (SSSR count). The molecule has 0 fully saturated rings. The van der Waals surface area contributed by atoms with E-state index in [-0.39, 0.29) is 12.2 Å². The van der Waals surface area contributed by atoms with Crippen molar-refractivity contribution in [2.24, 2.45) is 0 Å². The monoisotopic (exact) mass is 219 g/mol. The Kier molecular flexibility index (Phi) is 3.41. The molecule has 0 bridgehead atoms. The summed E-state index contributed by atoms with van der Waals surface area (Å²) in [5.41, 5.74) is -0.497. The van der Waals surface area contributed by atoms with E-state index in [1.165, 1.54) is 6.07 Å². The van der Waals surface area contributed by atoms with Crippen LogP contribution in [0.15, 0.2) is 18.2 Å². The van der Waals surface area contributed by atoms with Gasteiger partial charge < -0.3 is 0 Å². The number of hydrogen-bond acceptors (Lipinski definition) is 4. The topological polar surface area (TPSA) is 70.2 Å². The lowest BCUT2D eigenvalue weighted by atomic mass is 10.2. The van der Waals surface area contributed by atoms with Crippen molar-refractivity contribution in [1.82, 2.24) is 0 Å². The molecule has 0 saturated carbocycles. The second-order valence-corrected chi connectivity index (χ2v) is 2.78. The first kappa shape index (κ1) is 11.5. The molecule has 0 aromatic heterocycles. The fraction of sp³-hybridized carbons (Fsp3) is 0.100. The van der Waals surface area contributed by atoms with Crippen molar-refractivity contribution >= 4 is 11.4 Å². The molecule has 0 spiro atoms. The van der Waals surface area contributed by atoms with Crippen LogP contribution in [0.5, 0.6) is 0 Å². The number of hydrogen-bond donors (Lipinski definition) is 0. The van der Waals surface area contributed by atoms with Crippen molar-refractivity contribution in [3.8, 4) is 18.5 Å². The predicted octanol–water partition coefficient (Wildman–Crippen LogP) is 1.65. The van der Waals surface area contributed by atoms with E-state index >= 15 is 0 Å². The molecule has 0 saturated heterocycles. The smallest absolute Gasteiger partial charge is 0.267 e. The van der Waals surface area contributed by atoms with Crippen molar-refractivity contribution in [2.75, 3.05) is 11.4 Å². The molecule has 0 unspecified atom stereocenters. The van der Waals surface area contributed by atoms with Gasteiger partial charge in [-0.1, -0.05) is 5.92 Å². The van der Waals surface area contributed by atoms with Gasteiger partial charge in [0.15, 0.2) is 6.19 Å². The molecule has 0 amide bonds. The molecule has 1 aromatic rings. The molecule has 0 aliphatic carbocycles. The van der Waals surface area contributed by atoms with Crippen LogP contribution in [0, 0.1) is 39.7 Å². The zero-order chi connectivity index (χ0) is 12.1. The molecule has 6 heteroatoms. The average Bonchev–Trinajstić information content (AvgIpc) is 2.26. The molecule has 5 nitrogen and oxygen atoms in total. The molecule has 0 atom stereocenters. The second-order valence-electron chi connectivity index (χ2n) is 2.78. The van der Waals surface area contributed by atoms with Crippen LogP contribution in [0.3, 0.4) is 0 Å². The normalized spacial score (nSPS) is 8.94. The Labute approximate surface area is 90.9 Å². The van der Waals surface area contributed by atoms with Crippen LogP contribution < -0.4 is 4.90 Å². The summed E-state index contributed by atoms with van der Waals surface area (Å²) in [5.74, 6) is 1.27. The SMILES string of the molecule is C#CCN(C#N)c1ccc(F)c([N+](=O)[O-])c1. The minimum Gasteiger partial charge on any atom is -0.267 e. The molecule has 0 radical (unpaired) electrons. The van der Waals surface area contributed by atoms with Gasteiger partial charge in [0, 0.05) is 6.07 Å². The number of halogens is 1. The summed E-state index contributed by atoms with van der Waals surface area (Å²) in [4.78, 5) is 10.7. The standard InChI is InChI=1S/C10H6FN3O2/c1-2-5-13(7-12)8-3-4-9(11)10(6-8)14(15)16/h1,3-4,6H,5H2. The maximum atomic E-state index is 13.0. The van der Waals surface area contributed by atoms with E-state index in [1.54, 1.807) is 6.19 Å². The van der Waals surface area contributed by atoms with Gasteiger partial charge in [-0.25, -0.2) is 0 Å². The minimum absolute atomic E-state index is 0.0285. The fourth-order valence-electron chi connectivity index (χ4n) is 1.08. The summed E-state index contributed by atoms with van der Waals surface area (Å²) < 4.78 is 13.0. The van der Waals surface area contributed by atoms with Gasteiger partial charge >= 0.3 is 5.69 Å². The van der Waals surface area contributed by atoms with Crippen LogP contribution in [0.2, 0.25) is 0 Å². The van der Waals surface area contributed by atoms with Crippen molar-refractivity contribution in [1.29, 1.82) is 5.26 Å². The van der Waals surface area contributed by atoms with Gasteiger partial charge in [-0.05, 0) is 12.1 Å². The lowest BCUT2D eigenvalue weighted by molar-refractivity contribution is -0.387. The molecule has 0 aliphatic rings. The molecular weight excluding hydrogens is 213 g/mol. The van der Waals surface area contributed by atoms with Crippen LogP contribution in [0.25, 0.3) is 0 Å². The number of nitriles is 1. The Balaban J connectivity index is 3.18. The summed E-state index contributed by atoms with van der Waals surface area (Å²) >= 11 is 0. The van der Waals surface area contributed by atoms with Crippen LogP contribution in [-0.4, -0.2) is 11.5 Å². The highest BCUT2D eigenvalue weighted by Crippen LogP contribution is 2.23. The Morgan fingerprint density at radius 2 is 2.31 bits per heavy atom.